The molecule has 0 aliphatic rings. The number of nitrogens with zero attached hydrogens (tertiary/aromatic N) is 8. The minimum absolute atomic E-state index is 0. The Morgan fingerprint density at radius 2 is 0.459 bits per heavy atom. The van der Waals surface area contributed by atoms with E-state index < -0.39 is 15.8 Å². The molecular weight excluding hydrogens is 970 g/mol. The SMILES string of the molecule is [Pt+2].c1ccc(-c2nnn[n-]2)cc1.c1ccc(-c2nnn[n-]2)cc1.c1ccc([PH+](c2ccccc2)c2ccccc2)cc1.c1ccc([PH+](c2ccccc2)c2ccccc2)cc1. The van der Waals surface area contributed by atoms with Gasteiger partial charge in [0.15, 0.2) is 0 Å². The molecule has 0 unspecified atom stereocenters. The zero-order valence-electron chi connectivity index (χ0n) is 33.0. The van der Waals surface area contributed by atoms with Crippen molar-refractivity contribution in [3.8, 4) is 22.8 Å². The third kappa shape index (κ3) is 13.2. The maximum Gasteiger partial charge on any atom is 2.00 e. The van der Waals surface area contributed by atoms with E-state index in [0.29, 0.717) is 11.6 Å². The van der Waals surface area contributed by atoms with Gasteiger partial charge < -0.3 is 10.2 Å². The van der Waals surface area contributed by atoms with Gasteiger partial charge in [0.05, 0.1) is 15.8 Å². The molecule has 2 heterocycles. The fraction of sp³-hybridized carbons (Fsp3) is 0. The molecule has 2 aromatic heterocycles. The molecule has 0 bridgehead atoms. The van der Waals surface area contributed by atoms with Crippen molar-refractivity contribution in [2.75, 3.05) is 0 Å². The number of rotatable bonds is 8. The van der Waals surface area contributed by atoms with Crippen LogP contribution >= 0.6 is 15.8 Å². The topological polar surface area (TPSA) is 106 Å². The van der Waals surface area contributed by atoms with Crippen molar-refractivity contribution in [3.63, 3.8) is 0 Å². The van der Waals surface area contributed by atoms with Crippen LogP contribution in [0.15, 0.2) is 243 Å². The summed E-state index contributed by atoms with van der Waals surface area (Å²) < 4.78 is 0. The van der Waals surface area contributed by atoms with Gasteiger partial charge in [-0.2, -0.15) is 10.4 Å². The summed E-state index contributed by atoms with van der Waals surface area (Å²) in [5.74, 6) is 1.15. The Hall–Kier alpha value is -6.55. The molecule has 11 heteroatoms. The second-order valence-electron chi connectivity index (χ2n) is 13.1. The number of hydrogen-bond acceptors (Lipinski definition) is 6. The minimum Gasteiger partial charge on any atom is -0.330 e. The van der Waals surface area contributed by atoms with Gasteiger partial charge in [-0.05, 0) is 83.9 Å². The molecule has 61 heavy (non-hydrogen) atoms. The van der Waals surface area contributed by atoms with Crippen molar-refractivity contribution >= 4 is 47.7 Å². The Kier molecular flexibility index (Phi) is 17.7. The number of aromatic nitrogens is 8. The van der Waals surface area contributed by atoms with Crippen LogP contribution < -0.4 is 42.0 Å². The summed E-state index contributed by atoms with van der Waals surface area (Å²) in [6.07, 6.45) is 0. The van der Waals surface area contributed by atoms with Crippen LogP contribution in [-0.2, 0) is 21.1 Å². The van der Waals surface area contributed by atoms with E-state index in [0.717, 1.165) is 11.1 Å². The van der Waals surface area contributed by atoms with Gasteiger partial charge in [0.1, 0.15) is 31.8 Å². The third-order valence-electron chi connectivity index (χ3n) is 9.08. The summed E-state index contributed by atoms with van der Waals surface area (Å²) in [5.41, 5.74) is 1.88. The number of tetrazole rings is 2. The Morgan fingerprint density at radius 3 is 0.639 bits per heavy atom. The van der Waals surface area contributed by atoms with E-state index in [1.807, 2.05) is 60.7 Å². The predicted octanol–water partition coefficient (Wildman–Crippen LogP) is 7.34. The molecule has 0 aliphatic heterocycles. The Morgan fingerprint density at radius 1 is 0.262 bits per heavy atom. The van der Waals surface area contributed by atoms with E-state index in [1.165, 1.54) is 31.8 Å². The maximum atomic E-state index is 3.71. The quantitative estimate of drug-likeness (QED) is 0.146. The van der Waals surface area contributed by atoms with Gasteiger partial charge in [0.2, 0.25) is 0 Å². The molecule has 8 nitrogen and oxygen atoms in total. The monoisotopic (exact) mass is 1010 g/mol. The van der Waals surface area contributed by atoms with Crippen molar-refractivity contribution in [1.82, 2.24) is 41.2 Å². The minimum atomic E-state index is -0.877. The molecular formula is C50H42N8P2Pt+2. The molecule has 0 saturated heterocycles. The first kappa shape index (κ1) is 44.0. The fourth-order valence-electron chi connectivity index (χ4n) is 6.32. The Balaban J connectivity index is 0.000000140. The zero-order chi connectivity index (χ0) is 40.9. The van der Waals surface area contributed by atoms with Crippen molar-refractivity contribution in [2.24, 2.45) is 0 Å². The predicted molar refractivity (Wildman–Crippen MR) is 250 cm³/mol. The molecule has 8 aromatic carbocycles. The fourth-order valence-corrected chi connectivity index (χ4v) is 11.5. The van der Waals surface area contributed by atoms with Crippen molar-refractivity contribution in [1.29, 1.82) is 0 Å². The van der Waals surface area contributed by atoms with Gasteiger partial charge in [-0.15, -0.1) is 0 Å². The summed E-state index contributed by atoms with van der Waals surface area (Å²) in [6.45, 7) is 0. The molecule has 0 saturated carbocycles. The average Bonchev–Trinajstić information content (AvgIpc) is 4.10. The molecule has 0 aliphatic carbocycles. The first-order valence-corrected chi connectivity index (χ1v) is 22.4. The van der Waals surface area contributed by atoms with Crippen LogP contribution in [0.4, 0.5) is 0 Å². The van der Waals surface area contributed by atoms with Crippen LogP contribution in [0.3, 0.4) is 0 Å². The summed E-state index contributed by atoms with van der Waals surface area (Å²) in [6, 6.07) is 84.2. The van der Waals surface area contributed by atoms with Crippen LogP contribution in [-0.4, -0.2) is 31.1 Å². The van der Waals surface area contributed by atoms with E-state index in [9.17, 15) is 0 Å². The summed E-state index contributed by atoms with van der Waals surface area (Å²) >= 11 is 0. The van der Waals surface area contributed by atoms with Gasteiger partial charge in [-0.25, -0.2) is 0 Å². The summed E-state index contributed by atoms with van der Waals surface area (Å²) in [7, 11) is -1.75. The normalized spacial score (nSPS) is 10.1. The van der Waals surface area contributed by atoms with E-state index in [-0.39, 0.29) is 21.1 Å². The maximum absolute atomic E-state index is 3.71. The van der Waals surface area contributed by atoms with E-state index in [1.54, 1.807) is 0 Å². The molecule has 300 valence electrons. The summed E-state index contributed by atoms with van der Waals surface area (Å²) in [4.78, 5) is 0. The Bertz CT molecular complexity index is 2240. The van der Waals surface area contributed by atoms with Crippen LogP contribution in [0, 0.1) is 0 Å². The van der Waals surface area contributed by atoms with Crippen LogP contribution in [0.2, 0.25) is 0 Å². The van der Waals surface area contributed by atoms with Gasteiger partial charge in [-0.3, -0.25) is 20.6 Å². The molecule has 0 atom stereocenters. The second kappa shape index (κ2) is 24.5. The second-order valence-corrected chi connectivity index (χ2v) is 18.0. The van der Waals surface area contributed by atoms with E-state index in [4.69, 9.17) is 0 Å². The summed E-state index contributed by atoms with van der Waals surface area (Å²) in [5, 5.41) is 37.0. The van der Waals surface area contributed by atoms with E-state index in [2.05, 4.69) is 223 Å². The number of benzene rings is 8. The van der Waals surface area contributed by atoms with E-state index >= 15 is 0 Å². The van der Waals surface area contributed by atoms with Gasteiger partial charge >= 0.3 is 21.1 Å². The molecule has 0 amide bonds. The molecule has 0 radical (unpaired) electrons. The average molecular weight is 1010 g/mol. The Labute approximate surface area is 373 Å². The van der Waals surface area contributed by atoms with Crippen LogP contribution in [0.5, 0.6) is 0 Å². The van der Waals surface area contributed by atoms with Gasteiger partial charge in [0, 0.05) is 11.6 Å². The smallest absolute Gasteiger partial charge is 0.330 e. The zero-order valence-corrected chi connectivity index (χ0v) is 37.3. The number of hydrogen-bond donors (Lipinski definition) is 0. The van der Waals surface area contributed by atoms with Crippen LogP contribution in [0.1, 0.15) is 0 Å². The van der Waals surface area contributed by atoms with Crippen molar-refractivity contribution in [2.45, 2.75) is 0 Å². The van der Waals surface area contributed by atoms with Gasteiger partial charge in [-0.1, -0.05) is 170 Å². The van der Waals surface area contributed by atoms with Gasteiger partial charge in [0.25, 0.3) is 0 Å². The molecule has 0 spiro atoms. The molecule has 10 aromatic rings. The third-order valence-corrected chi connectivity index (χ3v) is 14.5. The first-order valence-electron chi connectivity index (χ1n) is 19.4. The molecule has 10 rings (SSSR count). The molecule has 0 N–H and O–H groups in total. The van der Waals surface area contributed by atoms with Crippen molar-refractivity contribution < 1.29 is 21.1 Å². The largest absolute Gasteiger partial charge is 2.00 e. The van der Waals surface area contributed by atoms with Crippen molar-refractivity contribution in [3.05, 3.63) is 243 Å². The van der Waals surface area contributed by atoms with Crippen LogP contribution in [0.25, 0.3) is 22.8 Å². The molecule has 0 fully saturated rings. The standard InChI is InChI=1S/2C18H15P.2C7H5N4.Pt/c2*1-4-10-16(11-5-1)19(17-12-6-2-7-13-17)18-14-8-3-9-15-18;2*1-2-4-6(5-3-1)7-8-10-11-9-7;/h2*1-15H;2*1-5H;/q;;2*-1;+2/p+2. The first-order chi connectivity index (χ1) is 29.8.